The molecule has 0 spiro atoms. The molecule has 1 unspecified atom stereocenters. The minimum atomic E-state index is 0.314. The van der Waals surface area contributed by atoms with Gasteiger partial charge >= 0.3 is 0 Å². The molecule has 1 rings (SSSR count). The van der Waals surface area contributed by atoms with Crippen molar-refractivity contribution in [1.82, 2.24) is 3.82 Å². The Labute approximate surface area is 189 Å². The molecule has 1 aliphatic rings. The topological polar surface area (TPSA) is 15.6 Å². The van der Waals surface area contributed by atoms with Crippen LogP contribution in [0.5, 0.6) is 0 Å². The van der Waals surface area contributed by atoms with Gasteiger partial charge in [0.25, 0.3) is 0 Å². The highest BCUT2D eigenvalue weighted by Crippen LogP contribution is 2.50. The van der Waals surface area contributed by atoms with Crippen LogP contribution in [0.3, 0.4) is 0 Å². The average molecular weight is 469 g/mol. The second kappa shape index (κ2) is 14.3. The third-order valence-corrected chi connectivity index (χ3v) is 13.0. The lowest BCUT2D eigenvalue weighted by Gasteiger charge is -2.25. The average Bonchev–Trinajstić information content (AvgIpc) is 3.08. The fraction of sp³-hybridized carbons (Fsp3) is 0.950. The summed E-state index contributed by atoms with van der Waals surface area (Å²) in [5, 5.41) is 4.60. The molecular weight excluding hydrogens is 429 g/mol. The predicted molar refractivity (Wildman–Crippen MR) is 138 cm³/mol. The molecule has 7 heteroatoms. The van der Waals surface area contributed by atoms with Crippen molar-refractivity contribution in [2.24, 2.45) is 5.10 Å². The molecular formula is C20H40N2S5. The molecule has 2 nitrogen and oxygen atoms in total. The number of hydrogen-bond acceptors (Lipinski definition) is 7. The third kappa shape index (κ3) is 13.2. The van der Waals surface area contributed by atoms with Crippen LogP contribution in [-0.2, 0) is 0 Å². The van der Waals surface area contributed by atoms with E-state index in [1.54, 1.807) is 11.0 Å². The molecule has 0 amide bonds. The fourth-order valence-electron chi connectivity index (χ4n) is 2.68. The van der Waals surface area contributed by atoms with E-state index in [4.69, 9.17) is 0 Å². The smallest absolute Gasteiger partial charge is 0.120 e. The Morgan fingerprint density at radius 2 is 1.41 bits per heavy atom. The van der Waals surface area contributed by atoms with Gasteiger partial charge in [0.05, 0.1) is 17.2 Å². The number of unbranched alkanes of at least 4 members (excludes halogenated alkanes) is 6. The van der Waals surface area contributed by atoms with Crippen LogP contribution in [0.15, 0.2) is 5.10 Å². The largest absolute Gasteiger partial charge is 0.167 e. The van der Waals surface area contributed by atoms with E-state index in [0.717, 1.165) is 0 Å². The standard InChI is InChI=1S/C20H40N2S5/c1-7-9-11-13-15-19(3,4)25-24-18-17-21-22(23-18)27-26-20(5,6)16-14-12-10-8-2/h17-18H,7-16H2,1-6H3. The summed E-state index contributed by atoms with van der Waals surface area (Å²) in [6.45, 7) is 14.1. The SMILES string of the molecule is CCCCCCC(C)(C)SSC1C=NN(SSC(C)(C)CCCCCC)S1. The van der Waals surface area contributed by atoms with Crippen molar-refractivity contribution in [3.8, 4) is 0 Å². The summed E-state index contributed by atoms with van der Waals surface area (Å²) in [7, 11) is 7.79. The van der Waals surface area contributed by atoms with Gasteiger partial charge in [-0.05, 0) is 40.5 Å². The van der Waals surface area contributed by atoms with Gasteiger partial charge in [0.2, 0.25) is 0 Å². The summed E-state index contributed by atoms with van der Waals surface area (Å²) in [6.07, 6.45) is 15.5. The van der Waals surface area contributed by atoms with E-state index in [9.17, 15) is 0 Å². The number of nitrogens with zero attached hydrogens (tertiary/aromatic N) is 2. The maximum Gasteiger partial charge on any atom is 0.120 e. The molecule has 1 aliphatic heterocycles. The lowest BCUT2D eigenvalue weighted by atomic mass is 10.0. The van der Waals surface area contributed by atoms with Gasteiger partial charge in [-0.3, -0.25) is 0 Å². The van der Waals surface area contributed by atoms with E-state index >= 15 is 0 Å². The second-order valence-corrected chi connectivity index (χ2v) is 15.8. The highest BCUT2D eigenvalue weighted by atomic mass is 33.1. The van der Waals surface area contributed by atoms with Crippen LogP contribution >= 0.6 is 55.3 Å². The van der Waals surface area contributed by atoms with Crippen LogP contribution in [0.2, 0.25) is 0 Å². The van der Waals surface area contributed by atoms with Crippen molar-refractivity contribution in [3.63, 3.8) is 0 Å². The predicted octanol–water partition coefficient (Wildman–Crippen LogP) is 9.44. The summed E-state index contributed by atoms with van der Waals surface area (Å²) >= 11 is 1.85. The molecule has 0 aromatic rings. The molecule has 0 saturated heterocycles. The molecule has 0 aromatic carbocycles. The molecule has 0 aliphatic carbocycles. The lowest BCUT2D eigenvalue weighted by Crippen LogP contribution is -2.14. The van der Waals surface area contributed by atoms with Crippen molar-refractivity contribution >= 4 is 61.5 Å². The first-order chi connectivity index (χ1) is 12.8. The van der Waals surface area contributed by atoms with Gasteiger partial charge in [0.15, 0.2) is 0 Å². The van der Waals surface area contributed by atoms with Gasteiger partial charge in [0, 0.05) is 21.4 Å². The quantitative estimate of drug-likeness (QED) is 0.126. The van der Waals surface area contributed by atoms with Crippen molar-refractivity contribution in [1.29, 1.82) is 0 Å². The highest BCUT2D eigenvalue weighted by molar-refractivity contribution is 8.80. The first-order valence-electron chi connectivity index (χ1n) is 10.5. The Balaban J connectivity index is 2.19. The van der Waals surface area contributed by atoms with Gasteiger partial charge in [-0.15, -0.1) is 0 Å². The Morgan fingerprint density at radius 1 is 0.852 bits per heavy atom. The van der Waals surface area contributed by atoms with E-state index in [0.29, 0.717) is 14.1 Å². The summed E-state index contributed by atoms with van der Waals surface area (Å²) < 4.78 is 3.20. The van der Waals surface area contributed by atoms with Crippen molar-refractivity contribution < 1.29 is 0 Å². The molecule has 1 atom stereocenters. The van der Waals surface area contributed by atoms with E-state index in [1.807, 2.05) is 44.3 Å². The molecule has 27 heavy (non-hydrogen) atoms. The first kappa shape index (κ1) is 26.3. The first-order valence-corrected chi connectivity index (χ1v) is 15.6. The van der Waals surface area contributed by atoms with Crippen LogP contribution < -0.4 is 0 Å². The molecule has 0 bridgehead atoms. The van der Waals surface area contributed by atoms with Crippen LogP contribution in [0, 0.1) is 0 Å². The Hall–Kier alpha value is 1.22. The molecule has 1 heterocycles. The zero-order valence-corrected chi connectivity index (χ0v) is 22.2. The van der Waals surface area contributed by atoms with Crippen molar-refractivity contribution in [2.45, 2.75) is 120 Å². The van der Waals surface area contributed by atoms with Crippen LogP contribution in [0.1, 0.15) is 106 Å². The number of hydrogen-bond donors (Lipinski definition) is 0. The van der Waals surface area contributed by atoms with Gasteiger partial charge in [-0.25, -0.2) is 0 Å². The van der Waals surface area contributed by atoms with Crippen molar-refractivity contribution in [3.05, 3.63) is 0 Å². The summed E-state index contributed by atoms with van der Waals surface area (Å²) in [4.78, 5) is 0. The molecule has 0 fully saturated rings. The lowest BCUT2D eigenvalue weighted by molar-refractivity contribution is 0.561. The van der Waals surface area contributed by atoms with Crippen LogP contribution in [0.4, 0.5) is 0 Å². The summed E-state index contributed by atoms with van der Waals surface area (Å²) in [6, 6.07) is 0. The molecule has 160 valence electrons. The zero-order valence-electron chi connectivity index (χ0n) is 18.2. The van der Waals surface area contributed by atoms with Gasteiger partial charge < -0.3 is 0 Å². The molecule has 0 aromatic heterocycles. The maximum absolute atomic E-state index is 4.60. The normalized spacial score (nSPS) is 17.9. The molecule has 0 N–H and O–H groups in total. The highest BCUT2D eigenvalue weighted by Gasteiger charge is 2.27. The summed E-state index contributed by atoms with van der Waals surface area (Å²) in [5.74, 6) is 0. The minimum absolute atomic E-state index is 0.314. The van der Waals surface area contributed by atoms with E-state index < -0.39 is 0 Å². The van der Waals surface area contributed by atoms with E-state index in [2.05, 4.69) is 56.7 Å². The zero-order chi connectivity index (χ0) is 20.2. The minimum Gasteiger partial charge on any atom is -0.167 e. The van der Waals surface area contributed by atoms with Crippen LogP contribution in [0.25, 0.3) is 0 Å². The van der Waals surface area contributed by atoms with Crippen molar-refractivity contribution in [2.75, 3.05) is 0 Å². The Bertz CT molecular complexity index is 379. The van der Waals surface area contributed by atoms with Crippen LogP contribution in [-0.4, -0.2) is 24.1 Å². The van der Waals surface area contributed by atoms with E-state index in [-0.39, 0.29) is 0 Å². The van der Waals surface area contributed by atoms with Gasteiger partial charge in [-0.2, -0.15) is 8.92 Å². The maximum atomic E-state index is 4.60. The van der Waals surface area contributed by atoms with Gasteiger partial charge in [-0.1, -0.05) is 97.6 Å². The Kier molecular flexibility index (Phi) is 13.9. The second-order valence-electron chi connectivity index (χ2n) is 8.45. The summed E-state index contributed by atoms with van der Waals surface area (Å²) in [5.41, 5.74) is 0. The fourth-order valence-corrected chi connectivity index (χ4v) is 9.20. The number of hydrazone groups is 1. The number of rotatable bonds is 16. The van der Waals surface area contributed by atoms with E-state index in [1.165, 1.54) is 64.2 Å². The third-order valence-electron chi connectivity index (χ3n) is 4.44. The monoisotopic (exact) mass is 468 g/mol. The molecule has 0 saturated carbocycles. The van der Waals surface area contributed by atoms with Gasteiger partial charge in [0.1, 0.15) is 4.58 Å². The Morgan fingerprint density at radius 3 is 1.96 bits per heavy atom. The molecule has 0 radical (unpaired) electrons.